The van der Waals surface area contributed by atoms with Crippen LogP contribution in [0, 0.1) is 0 Å². The van der Waals surface area contributed by atoms with Gasteiger partial charge in [0.25, 0.3) is 6.43 Å². The maximum atomic E-state index is 12.2. The minimum Gasteiger partial charge on any atom is -0.341 e. The monoisotopic (exact) mass is 288 g/mol. The minimum absolute atomic E-state index is 0.269. The van der Waals surface area contributed by atoms with Crippen molar-refractivity contribution in [3.8, 4) is 0 Å². The van der Waals surface area contributed by atoms with E-state index in [9.17, 15) is 8.78 Å². The average molecular weight is 288 g/mol. The molecule has 0 fully saturated rings. The Balaban J connectivity index is 2.02. The molecule has 0 saturated carbocycles. The molecule has 21 heavy (non-hydrogen) atoms. The standard InChI is InChI=1S/C17H18F2N2/c1-2-21-15-6-4-3-5-13(15)14-9-12(7-8-16(14)21)10-20-11-17(18)19/h3-9,17,20H,2,10-11H2,1H3. The lowest BCUT2D eigenvalue weighted by Gasteiger charge is -2.06. The zero-order valence-corrected chi connectivity index (χ0v) is 11.9. The van der Waals surface area contributed by atoms with Crippen LogP contribution in [0.3, 0.4) is 0 Å². The second kappa shape index (κ2) is 5.82. The van der Waals surface area contributed by atoms with Crippen molar-refractivity contribution in [3.63, 3.8) is 0 Å². The molecule has 1 N–H and O–H groups in total. The SMILES string of the molecule is CCn1c2ccccc2c2cc(CNCC(F)F)ccc21. The first-order valence-corrected chi connectivity index (χ1v) is 7.19. The Kier molecular flexibility index (Phi) is 3.88. The largest absolute Gasteiger partial charge is 0.341 e. The van der Waals surface area contributed by atoms with Gasteiger partial charge >= 0.3 is 0 Å². The second-order valence-corrected chi connectivity index (χ2v) is 5.13. The maximum Gasteiger partial charge on any atom is 0.250 e. The van der Waals surface area contributed by atoms with Crippen molar-refractivity contribution in [2.24, 2.45) is 0 Å². The van der Waals surface area contributed by atoms with Crippen LogP contribution in [0.5, 0.6) is 0 Å². The summed E-state index contributed by atoms with van der Waals surface area (Å²) in [5.41, 5.74) is 3.44. The van der Waals surface area contributed by atoms with Crippen molar-refractivity contribution in [1.82, 2.24) is 9.88 Å². The second-order valence-electron chi connectivity index (χ2n) is 5.13. The molecule has 1 aromatic heterocycles. The molecule has 0 saturated heterocycles. The first-order valence-electron chi connectivity index (χ1n) is 7.19. The molecule has 0 amide bonds. The van der Waals surface area contributed by atoms with E-state index in [4.69, 9.17) is 0 Å². The van der Waals surface area contributed by atoms with Crippen molar-refractivity contribution in [1.29, 1.82) is 0 Å². The minimum atomic E-state index is -2.31. The summed E-state index contributed by atoms with van der Waals surface area (Å²) in [7, 11) is 0. The fourth-order valence-corrected chi connectivity index (χ4v) is 2.88. The summed E-state index contributed by atoms with van der Waals surface area (Å²) >= 11 is 0. The van der Waals surface area contributed by atoms with Gasteiger partial charge in [-0.3, -0.25) is 0 Å². The molecule has 1 heterocycles. The molecule has 0 aliphatic carbocycles. The van der Waals surface area contributed by atoms with Crippen LogP contribution in [-0.4, -0.2) is 17.5 Å². The van der Waals surface area contributed by atoms with Crippen LogP contribution < -0.4 is 5.32 Å². The summed E-state index contributed by atoms with van der Waals surface area (Å²) in [5.74, 6) is 0. The molecule has 0 aliphatic heterocycles. The van der Waals surface area contributed by atoms with E-state index in [2.05, 4.69) is 41.1 Å². The summed E-state index contributed by atoms with van der Waals surface area (Å²) in [6.07, 6.45) is -2.31. The normalized spacial score (nSPS) is 11.8. The predicted octanol–water partition coefficient (Wildman–Crippen LogP) is 4.17. The zero-order chi connectivity index (χ0) is 14.8. The molecule has 0 unspecified atom stereocenters. The van der Waals surface area contributed by atoms with E-state index >= 15 is 0 Å². The highest BCUT2D eigenvalue weighted by molar-refractivity contribution is 6.08. The molecule has 110 valence electrons. The van der Waals surface area contributed by atoms with E-state index in [-0.39, 0.29) is 6.54 Å². The number of hydrogen-bond acceptors (Lipinski definition) is 1. The number of benzene rings is 2. The highest BCUT2D eigenvalue weighted by Crippen LogP contribution is 2.29. The van der Waals surface area contributed by atoms with Gasteiger partial charge < -0.3 is 9.88 Å². The predicted molar refractivity (Wildman–Crippen MR) is 82.8 cm³/mol. The lowest BCUT2D eigenvalue weighted by atomic mass is 10.1. The molecule has 0 bridgehead atoms. The third-order valence-corrected chi connectivity index (χ3v) is 3.78. The van der Waals surface area contributed by atoms with Crippen molar-refractivity contribution in [2.45, 2.75) is 26.4 Å². The fourth-order valence-electron chi connectivity index (χ4n) is 2.88. The maximum absolute atomic E-state index is 12.2. The van der Waals surface area contributed by atoms with Crippen LogP contribution in [-0.2, 0) is 13.1 Å². The first-order chi connectivity index (χ1) is 10.2. The van der Waals surface area contributed by atoms with Crippen LogP contribution in [0.4, 0.5) is 8.78 Å². The molecule has 2 aromatic carbocycles. The Hall–Kier alpha value is -1.94. The number of halogens is 2. The number of para-hydroxylation sites is 1. The Morgan fingerprint density at radius 1 is 1.05 bits per heavy atom. The summed E-state index contributed by atoms with van der Waals surface area (Å²) in [6, 6.07) is 14.5. The zero-order valence-electron chi connectivity index (χ0n) is 11.9. The quantitative estimate of drug-likeness (QED) is 0.745. The van der Waals surface area contributed by atoms with Crippen LogP contribution in [0.1, 0.15) is 12.5 Å². The van der Waals surface area contributed by atoms with Gasteiger partial charge in [-0.15, -0.1) is 0 Å². The van der Waals surface area contributed by atoms with E-state index in [1.807, 2.05) is 18.2 Å². The van der Waals surface area contributed by atoms with E-state index in [1.54, 1.807) is 0 Å². The lowest BCUT2D eigenvalue weighted by molar-refractivity contribution is 0.145. The van der Waals surface area contributed by atoms with Gasteiger partial charge in [-0.1, -0.05) is 24.3 Å². The third-order valence-electron chi connectivity index (χ3n) is 3.78. The van der Waals surface area contributed by atoms with Gasteiger partial charge in [-0.25, -0.2) is 8.78 Å². The number of nitrogens with zero attached hydrogens (tertiary/aromatic N) is 1. The van der Waals surface area contributed by atoms with E-state index < -0.39 is 6.43 Å². The van der Waals surface area contributed by atoms with Crippen molar-refractivity contribution in [3.05, 3.63) is 48.0 Å². The molecule has 0 aliphatic rings. The Morgan fingerprint density at radius 2 is 1.81 bits per heavy atom. The summed E-state index contributed by atoms with van der Waals surface area (Å²) in [4.78, 5) is 0. The fraction of sp³-hybridized carbons (Fsp3) is 0.294. The molecule has 4 heteroatoms. The van der Waals surface area contributed by atoms with Crippen molar-refractivity contribution < 1.29 is 8.78 Å². The summed E-state index contributed by atoms with van der Waals surface area (Å²) in [6.45, 7) is 3.23. The van der Waals surface area contributed by atoms with Gasteiger partial charge in [0.05, 0.1) is 6.54 Å². The Bertz CT molecular complexity index is 762. The Labute approximate surface area is 122 Å². The number of alkyl halides is 2. The van der Waals surface area contributed by atoms with Gasteiger partial charge in [-0.05, 0) is 30.7 Å². The van der Waals surface area contributed by atoms with Crippen LogP contribution in [0.2, 0.25) is 0 Å². The summed E-state index contributed by atoms with van der Waals surface area (Å²) < 4.78 is 26.6. The Morgan fingerprint density at radius 3 is 2.57 bits per heavy atom. The van der Waals surface area contributed by atoms with E-state index in [0.29, 0.717) is 6.54 Å². The smallest absolute Gasteiger partial charge is 0.250 e. The van der Waals surface area contributed by atoms with E-state index in [1.165, 1.54) is 21.8 Å². The van der Waals surface area contributed by atoms with Gasteiger partial charge in [0, 0.05) is 34.9 Å². The number of aryl methyl sites for hydroxylation is 1. The molecule has 2 nitrogen and oxygen atoms in total. The van der Waals surface area contributed by atoms with Gasteiger partial charge in [0.2, 0.25) is 0 Å². The van der Waals surface area contributed by atoms with Crippen LogP contribution in [0.15, 0.2) is 42.5 Å². The van der Waals surface area contributed by atoms with Gasteiger partial charge in [0.1, 0.15) is 0 Å². The van der Waals surface area contributed by atoms with E-state index in [0.717, 1.165) is 12.1 Å². The number of hydrogen-bond donors (Lipinski definition) is 1. The molecular weight excluding hydrogens is 270 g/mol. The molecule has 0 atom stereocenters. The van der Waals surface area contributed by atoms with Crippen LogP contribution >= 0.6 is 0 Å². The molecule has 3 aromatic rings. The molecule has 3 rings (SSSR count). The summed E-state index contributed by atoms with van der Waals surface area (Å²) in [5, 5.41) is 5.17. The number of nitrogens with one attached hydrogen (secondary N) is 1. The van der Waals surface area contributed by atoms with Gasteiger partial charge in [0.15, 0.2) is 0 Å². The highest BCUT2D eigenvalue weighted by Gasteiger charge is 2.09. The first kappa shape index (κ1) is 14.0. The number of fused-ring (bicyclic) bond motifs is 3. The average Bonchev–Trinajstić information content (AvgIpc) is 2.80. The molecule has 0 spiro atoms. The highest BCUT2D eigenvalue weighted by atomic mass is 19.3. The molecular formula is C17H18F2N2. The topological polar surface area (TPSA) is 17.0 Å². The van der Waals surface area contributed by atoms with Crippen molar-refractivity contribution >= 4 is 21.8 Å². The van der Waals surface area contributed by atoms with Gasteiger partial charge in [-0.2, -0.15) is 0 Å². The van der Waals surface area contributed by atoms with Crippen molar-refractivity contribution in [2.75, 3.05) is 6.54 Å². The van der Waals surface area contributed by atoms with Crippen LogP contribution in [0.25, 0.3) is 21.8 Å². The third kappa shape index (κ3) is 2.63. The number of rotatable bonds is 5. The lowest BCUT2D eigenvalue weighted by Crippen LogP contribution is -2.20. The number of aromatic nitrogens is 1. The molecule has 0 radical (unpaired) electrons.